The number of aromatic nitrogens is 3. The average molecular weight is 312 g/mol. The molecular weight excluding hydrogens is 288 g/mol. The fourth-order valence-electron chi connectivity index (χ4n) is 2.47. The fourth-order valence-corrected chi connectivity index (χ4v) is 3.26. The standard InChI is InChI=1S/C14H24N4O2S/c1-10(2)18-12(15-16-13(18)21-9-11(19)20)17-7-5-14(3,4)6-8-17/h10H,5-9H2,1-4H3,(H,19,20). The third kappa shape index (κ3) is 3.90. The molecule has 21 heavy (non-hydrogen) atoms. The number of nitrogens with zero attached hydrogens (tertiary/aromatic N) is 4. The minimum absolute atomic E-state index is 0.0118. The van der Waals surface area contributed by atoms with Crippen LogP contribution in [0.3, 0.4) is 0 Å². The molecule has 1 aromatic rings. The molecule has 1 aliphatic rings. The van der Waals surface area contributed by atoms with Crippen LogP contribution < -0.4 is 4.90 Å². The van der Waals surface area contributed by atoms with Gasteiger partial charge in [-0.1, -0.05) is 25.6 Å². The molecule has 2 heterocycles. The number of piperidine rings is 1. The first kappa shape index (κ1) is 16.1. The molecule has 0 bridgehead atoms. The van der Waals surface area contributed by atoms with Crippen LogP contribution in [0.4, 0.5) is 5.95 Å². The smallest absolute Gasteiger partial charge is 0.313 e. The molecule has 2 rings (SSSR count). The Labute approximate surface area is 129 Å². The predicted octanol–water partition coefficient (Wildman–Crippen LogP) is 2.66. The van der Waals surface area contributed by atoms with Crippen LogP contribution in [0, 0.1) is 5.41 Å². The first-order valence-electron chi connectivity index (χ1n) is 7.34. The van der Waals surface area contributed by atoms with Gasteiger partial charge in [-0.25, -0.2) is 0 Å². The number of thioether (sulfide) groups is 1. The summed E-state index contributed by atoms with van der Waals surface area (Å²) in [6.07, 6.45) is 2.27. The Hall–Kier alpha value is -1.24. The van der Waals surface area contributed by atoms with Crippen LogP contribution in [0.2, 0.25) is 0 Å². The zero-order valence-electron chi connectivity index (χ0n) is 13.2. The van der Waals surface area contributed by atoms with Gasteiger partial charge in [-0.05, 0) is 32.1 Å². The molecule has 6 nitrogen and oxygen atoms in total. The van der Waals surface area contributed by atoms with Gasteiger partial charge >= 0.3 is 5.97 Å². The van der Waals surface area contributed by atoms with Gasteiger partial charge in [0.15, 0.2) is 5.16 Å². The van der Waals surface area contributed by atoms with E-state index in [0.717, 1.165) is 31.9 Å². The van der Waals surface area contributed by atoms with Crippen molar-refractivity contribution in [2.24, 2.45) is 5.41 Å². The zero-order chi connectivity index (χ0) is 15.6. The summed E-state index contributed by atoms with van der Waals surface area (Å²) < 4.78 is 2.05. The lowest BCUT2D eigenvalue weighted by Crippen LogP contribution is -2.39. The van der Waals surface area contributed by atoms with E-state index in [-0.39, 0.29) is 11.8 Å². The van der Waals surface area contributed by atoms with Crippen LogP contribution in [0.15, 0.2) is 5.16 Å². The summed E-state index contributed by atoms with van der Waals surface area (Å²) in [5.74, 6) is 0.0469. The van der Waals surface area contributed by atoms with E-state index in [0.29, 0.717) is 10.6 Å². The second kappa shape index (κ2) is 6.25. The lowest BCUT2D eigenvalue weighted by Gasteiger charge is -2.37. The lowest BCUT2D eigenvalue weighted by atomic mass is 9.83. The van der Waals surface area contributed by atoms with Gasteiger partial charge < -0.3 is 10.0 Å². The number of hydrogen-bond acceptors (Lipinski definition) is 5. The minimum Gasteiger partial charge on any atom is -0.481 e. The Morgan fingerprint density at radius 3 is 2.48 bits per heavy atom. The van der Waals surface area contributed by atoms with Crippen LogP contribution in [0.1, 0.15) is 46.6 Å². The van der Waals surface area contributed by atoms with Crippen LogP contribution in [0.25, 0.3) is 0 Å². The highest BCUT2D eigenvalue weighted by Gasteiger charge is 2.29. The molecule has 1 aromatic heterocycles. The van der Waals surface area contributed by atoms with E-state index in [1.54, 1.807) is 0 Å². The Morgan fingerprint density at radius 1 is 1.33 bits per heavy atom. The third-order valence-corrected chi connectivity index (χ3v) is 4.82. The monoisotopic (exact) mass is 312 g/mol. The van der Waals surface area contributed by atoms with Gasteiger partial charge in [-0.2, -0.15) is 0 Å². The number of aliphatic carboxylic acids is 1. The summed E-state index contributed by atoms with van der Waals surface area (Å²) in [7, 11) is 0. The fraction of sp³-hybridized carbons (Fsp3) is 0.786. The van der Waals surface area contributed by atoms with E-state index < -0.39 is 5.97 Å². The molecule has 0 atom stereocenters. The van der Waals surface area contributed by atoms with Crippen molar-refractivity contribution in [1.82, 2.24) is 14.8 Å². The molecule has 0 unspecified atom stereocenters. The normalized spacial score (nSPS) is 18.2. The van der Waals surface area contributed by atoms with Crippen molar-refractivity contribution in [1.29, 1.82) is 0 Å². The number of hydrogen-bond donors (Lipinski definition) is 1. The van der Waals surface area contributed by atoms with Gasteiger partial charge in [-0.3, -0.25) is 9.36 Å². The van der Waals surface area contributed by atoms with Gasteiger partial charge in [0.2, 0.25) is 5.95 Å². The Balaban J connectivity index is 2.18. The van der Waals surface area contributed by atoms with Gasteiger partial charge in [-0.15, -0.1) is 10.2 Å². The molecule has 0 saturated carbocycles. The van der Waals surface area contributed by atoms with Crippen molar-refractivity contribution < 1.29 is 9.90 Å². The highest BCUT2D eigenvalue weighted by Crippen LogP contribution is 2.33. The number of anilines is 1. The van der Waals surface area contributed by atoms with E-state index >= 15 is 0 Å². The maximum atomic E-state index is 10.7. The van der Waals surface area contributed by atoms with Gasteiger partial charge in [0.05, 0.1) is 5.75 Å². The summed E-state index contributed by atoms with van der Waals surface area (Å²) in [4.78, 5) is 13.0. The molecule has 1 fully saturated rings. The number of carbonyl (C=O) groups is 1. The van der Waals surface area contributed by atoms with Crippen molar-refractivity contribution in [2.45, 2.75) is 51.7 Å². The highest BCUT2D eigenvalue weighted by molar-refractivity contribution is 7.99. The maximum Gasteiger partial charge on any atom is 0.313 e. The summed E-state index contributed by atoms with van der Waals surface area (Å²) >= 11 is 1.23. The van der Waals surface area contributed by atoms with Crippen molar-refractivity contribution >= 4 is 23.7 Å². The molecule has 1 aliphatic heterocycles. The third-order valence-electron chi connectivity index (χ3n) is 3.89. The number of carboxylic acids is 1. The summed E-state index contributed by atoms with van der Waals surface area (Å²) in [5, 5.41) is 18.0. The topological polar surface area (TPSA) is 71.2 Å². The first-order valence-corrected chi connectivity index (χ1v) is 8.33. The second-order valence-corrected chi connectivity index (χ2v) is 7.52. The van der Waals surface area contributed by atoms with E-state index in [2.05, 4.69) is 42.8 Å². The highest BCUT2D eigenvalue weighted by atomic mass is 32.2. The van der Waals surface area contributed by atoms with Crippen LogP contribution >= 0.6 is 11.8 Å². The summed E-state index contributed by atoms with van der Waals surface area (Å²) in [5.41, 5.74) is 0.389. The van der Waals surface area contributed by atoms with E-state index in [4.69, 9.17) is 5.11 Å². The molecule has 0 aromatic carbocycles. The Morgan fingerprint density at radius 2 is 1.95 bits per heavy atom. The number of rotatable bonds is 5. The molecule has 0 radical (unpaired) electrons. The molecule has 7 heteroatoms. The van der Waals surface area contributed by atoms with E-state index in [1.807, 2.05) is 4.57 Å². The quantitative estimate of drug-likeness (QED) is 0.843. The van der Waals surface area contributed by atoms with Crippen molar-refractivity contribution in [3.63, 3.8) is 0 Å². The van der Waals surface area contributed by atoms with E-state index in [1.165, 1.54) is 11.8 Å². The molecule has 1 N–H and O–H groups in total. The van der Waals surface area contributed by atoms with Crippen molar-refractivity contribution in [3.05, 3.63) is 0 Å². The first-order chi connectivity index (χ1) is 9.80. The Kier molecular flexibility index (Phi) is 4.81. The molecule has 0 aliphatic carbocycles. The predicted molar refractivity (Wildman–Crippen MR) is 84.0 cm³/mol. The Bertz CT molecular complexity index is 503. The van der Waals surface area contributed by atoms with Gasteiger partial charge in [0, 0.05) is 19.1 Å². The minimum atomic E-state index is -0.834. The SMILES string of the molecule is CC(C)n1c(SCC(=O)O)nnc1N1CCC(C)(C)CC1. The molecule has 118 valence electrons. The van der Waals surface area contributed by atoms with Crippen molar-refractivity contribution in [2.75, 3.05) is 23.7 Å². The molecule has 1 saturated heterocycles. The van der Waals surface area contributed by atoms with Crippen LogP contribution in [-0.2, 0) is 4.79 Å². The molecule has 0 spiro atoms. The largest absolute Gasteiger partial charge is 0.481 e. The molecule has 0 amide bonds. The van der Waals surface area contributed by atoms with Crippen molar-refractivity contribution in [3.8, 4) is 0 Å². The number of carboxylic acid groups (broad SMARTS) is 1. The van der Waals surface area contributed by atoms with Gasteiger partial charge in [0.25, 0.3) is 0 Å². The molecular formula is C14H24N4O2S. The van der Waals surface area contributed by atoms with Crippen LogP contribution in [0.5, 0.6) is 0 Å². The zero-order valence-corrected chi connectivity index (χ0v) is 14.0. The second-order valence-electron chi connectivity index (χ2n) is 6.58. The lowest BCUT2D eigenvalue weighted by molar-refractivity contribution is -0.133. The summed E-state index contributed by atoms with van der Waals surface area (Å²) in [6, 6.07) is 0.209. The maximum absolute atomic E-state index is 10.7. The van der Waals surface area contributed by atoms with E-state index in [9.17, 15) is 4.79 Å². The van der Waals surface area contributed by atoms with Crippen LogP contribution in [-0.4, -0.2) is 44.7 Å². The summed E-state index contributed by atoms with van der Waals surface area (Å²) in [6.45, 7) is 10.7. The van der Waals surface area contributed by atoms with Gasteiger partial charge in [0.1, 0.15) is 0 Å². The average Bonchev–Trinajstić information content (AvgIpc) is 2.80.